The SMILES string of the molecule is C=C(/N=C(\N=C(/N)c1cccc2oc3cc(-n4c5ccccc5c5cc(-c6ccccc6)c6ccccc6c54)ccc3c12)c1ccccc1)c1ccccc1. The van der Waals surface area contributed by atoms with E-state index in [2.05, 4.69) is 114 Å². The van der Waals surface area contributed by atoms with Crippen molar-refractivity contribution in [2.75, 3.05) is 0 Å². The molecule has 10 aromatic rings. The molecule has 0 atom stereocenters. The van der Waals surface area contributed by atoms with Gasteiger partial charge in [0.1, 0.15) is 17.0 Å². The normalized spacial score (nSPS) is 12.4. The van der Waals surface area contributed by atoms with Crippen LogP contribution in [0.15, 0.2) is 203 Å². The van der Waals surface area contributed by atoms with Crippen LogP contribution in [-0.4, -0.2) is 16.2 Å². The van der Waals surface area contributed by atoms with Gasteiger partial charge in [0.25, 0.3) is 0 Å². The van der Waals surface area contributed by atoms with Gasteiger partial charge in [0.15, 0.2) is 5.84 Å². The zero-order chi connectivity index (χ0) is 36.9. The molecule has 2 aromatic heterocycles. The lowest BCUT2D eigenvalue weighted by molar-refractivity contribution is 0.668. The molecule has 0 aliphatic carbocycles. The number of aromatic nitrogens is 1. The van der Waals surface area contributed by atoms with Gasteiger partial charge in [-0.1, -0.05) is 152 Å². The highest BCUT2D eigenvalue weighted by Crippen LogP contribution is 2.42. The molecular weight excluding hydrogens is 673 g/mol. The molecule has 0 amide bonds. The molecule has 10 rings (SSSR count). The number of rotatable bonds is 6. The van der Waals surface area contributed by atoms with E-state index in [1.165, 1.54) is 32.7 Å². The molecule has 0 bridgehead atoms. The number of nitrogens with two attached hydrogens (primary N) is 1. The summed E-state index contributed by atoms with van der Waals surface area (Å²) in [5.41, 5.74) is 17.2. The Morgan fingerprint density at radius 1 is 0.527 bits per heavy atom. The average molecular weight is 707 g/mol. The molecule has 0 saturated heterocycles. The van der Waals surface area contributed by atoms with Gasteiger partial charge in [-0.05, 0) is 52.4 Å². The van der Waals surface area contributed by atoms with Crippen molar-refractivity contribution < 1.29 is 4.42 Å². The summed E-state index contributed by atoms with van der Waals surface area (Å²) in [6.45, 7) is 4.24. The predicted octanol–water partition coefficient (Wildman–Crippen LogP) is 12.3. The minimum Gasteiger partial charge on any atom is -0.456 e. The highest BCUT2D eigenvalue weighted by Gasteiger charge is 2.20. The first kappa shape index (κ1) is 32.2. The van der Waals surface area contributed by atoms with Crippen LogP contribution in [0.1, 0.15) is 16.7 Å². The van der Waals surface area contributed by atoms with Gasteiger partial charge in [0, 0.05) is 49.8 Å². The quantitative estimate of drug-likeness (QED) is 0.138. The first-order valence-electron chi connectivity index (χ1n) is 18.3. The Labute approximate surface area is 317 Å². The van der Waals surface area contributed by atoms with E-state index in [9.17, 15) is 0 Å². The third-order valence-corrected chi connectivity index (χ3v) is 10.4. The molecule has 2 N–H and O–H groups in total. The maximum absolute atomic E-state index is 6.90. The van der Waals surface area contributed by atoms with E-state index in [4.69, 9.17) is 20.1 Å². The molecule has 0 radical (unpaired) electrons. The number of hydrogen-bond donors (Lipinski definition) is 1. The summed E-state index contributed by atoms with van der Waals surface area (Å²) in [6, 6.07) is 62.4. The van der Waals surface area contributed by atoms with E-state index in [1.807, 2.05) is 78.9 Å². The van der Waals surface area contributed by atoms with E-state index in [0.717, 1.165) is 55.3 Å². The Morgan fingerprint density at radius 3 is 1.95 bits per heavy atom. The lowest BCUT2D eigenvalue weighted by atomic mass is 9.95. The third kappa shape index (κ3) is 5.49. The van der Waals surface area contributed by atoms with Crippen LogP contribution in [0, 0.1) is 0 Å². The number of nitrogens with zero attached hydrogens (tertiary/aromatic N) is 3. The molecule has 5 heteroatoms. The fourth-order valence-electron chi connectivity index (χ4n) is 7.85. The summed E-state index contributed by atoms with van der Waals surface area (Å²) in [5.74, 6) is 0.817. The molecule has 0 aliphatic rings. The Hall–Kier alpha value is -7.50. The zero-order valence-electron chi connectivity index (χ0n) is 29.9. The van der Waals surface area contributed by atoms with Crippen molar-refractivity contribution in [1.82, 2.24) is 4.57 Å². The molecule has 0 aliphatic heterocycles. The molecule has 5 nitrogen and oxygen atoms in total. The Bertz CT molecular complexity index is 3150. The first-order valence-corrected chi connectivity index (χ1v) is 18.3. The molecule has 260 valence electrons. The molecule has 8 aromatic carbocycles. The van der Waals surface area contributed by atoms with Gasteiger partial charge in [-0.15, -0.1) is 0 Å². The standard InChI is InChI=1S/C50H34N4O/c1-32(33-16-5-2-6-17-33)52-50(35-20-9-4-10-21-35)53-49(51)41-25-15-27-45-47(41)40-29-28-36(30-46(40)55-45)54-44-26-14-13-23-38(44)43-31-42(34-18-7-3-8-19-34)37-22-11-12-24-39(37)48(43)54/h2-31H,1H2,(H2,51,52,53). The molecular formula is C50H34N4O. The van der Waals surface area contributed by atoms with E-state index < -0.39 is 0 Å². The third-order valence-electron chi connectivity index (χ3n) is 10.4. The molecule has 0 saturated carbocycles. The van der Waals surface area contributed by atoms with E-state index in [-0.39, 0.29) is 0 Å². The summed E-state index contributed by atoms with van der Waals surface area (Å²) >= 11 is 0. The lowest BCUT2D eigenvalue weighted by Crippen LogP contribution is -2.16. The second-order valence-electron chi connectivity index (χ2n) is 13.7. The fraction of sp³-hybridized carbons (Fsp3) is 0. The van der Waals surface area contributed by atoms with Crippen molar-refractivity contribution in [2.24, 2.45) is 15.7 Å². The van der Waals surface area contributed by atoms with E-state index in [1.54, 1.807) is 0 Å². The molecule has 2 heterocycles. The highest BCUT2D eigenvalue weighted by molar-refractivity contribution is 6.23. The van der Waals surface area contributed by atoms with Gasteiger partial charge in [0.2, 0.25) is 0 Å². The van der Waals surface area contributed by atoms with Crippen LogP contribution in [0.5, 0.6) is 0 Å². The van der Waals surface area contributed by atoms with Crippen LogP contribution < -0.4 is 5.73 Å². The number of benzene rings is 8. The van der Waals surface area contributed by atoms with Gasteiger partial charge in [0.05, 0.1) is 16.7 Å². The van der Waals surface area contributed by atoms with E-state index >= 15 is 0 Å². The summed E-state index contributed by atoms with van der Waals surface area (Å²) in [5, 5.41) is 6.66. The minimum absolute atomic E-state index is 0.337. The second-order valence-corrected chi connectivity index (χ2v) is 13.7. The minimum atomic E-state index is 0.337. The average Bonchev–Trinajstić information content (AvgIpc) is 3.79. The maximum Gasteiger partial charge on any atom is 0.162 e. The highest BCUT2D eigenvalue weighted by atomic mass is 16.3. The summed E-state index contributed by atoms with van der Waals surface area (Å²) in [6.07, 6.45) is 0. The van der Waals surface area contributed by atoms with Crippen molar-refractivity contribution in [3.8, 4) is 16.8 Å². The van der Waals surface area contributed by atoms with Crippen molar-refractivity contribution in [3.63, 3.8) is 0 Å². The predicted molar refractivity (Wildman–Crippen MR) is 230 cm³/mol. The summed E-state index contributed by atoms with van der Waals surface area (Å²) < 4.78 is 8.98. The van der Waals surface area contributed by atoms with Gasteiger partial charge in [-0.2, -0.15) is 0 Å². The molecule has 0 fully saturated rings. The topological polar surface area (TPSA) is 68.8 Å². The van der Waals surface area contributed by atoms with Crippen molar-refractivity contribution >= 4 is 71.9 Å². The Balaban J connectivity index is 1.14. The van der Waals surface area contributed by atoms with Crippen molar-refractivity contribution in [2.45, 2.75) is 0 Å². The lowest BCUT2D eigenvalue weighted by Gasteiger charge is -2.13. The van der Waals surface area contributed by atoms with Gasteiger partial charge in [-0.25, -0.2) is 9.98 Å². The number of hydrogen-bond acceptors (Lipinski definition) is 2. The first-order chi connectivity index (χ1) is 27.1. The van der Waals surface area contributed by atoms with Crippen LogP contribution >= 0.6 is 0 Å². The number of aliphatic imine (C=N–C) groups is 2. The Kier molecular flexibility index (Phi) is 7.70. The fourth-order valence-corrected chi connectivity index (χ4v) is 7.85. The largest absolute Gasteiger partial charge is 0.456 e. The summed E-state index contributed by atoms with van der Waals surface area (Å²) in [4.78, 5) is 9.82. The molecule has 0 unspecified atom stereocenters. The Morgan fingerprint density at radius 2 is 1.18 bits per heavy atom. The van der Waals surface area contributed by atoms with Crippen LogP contribution in [0.4, 0.5) is 0 Å². The number of amidine groups is 2. The van der Waals surface area contributed by atoms with Crippen LogP contribution in [0.2, 0.25) is 0 Å². The zero-order valence-corrected chi connectivity index (χ0v) is 29.9. The van der Waals surface area contributed by atoms with Gasteiger partial charge < -0.3 is 14.7 Å². The van der Waals surface area contributed by atoms with Crippen LogP contribution in [-0.2, 0) is 0 Å². The smallest absolute Gasteiger partial charge is 0.162 e. The van der Waals surface area contributed by atoms with Crippen molar-refractivity contribution in [3.05, 3.63) is 205 Å². The number of para-hydroxylation sites is 1. The van der Waals surface area contributed by atoms with Gasteiger partial charge >= 0.3 is 0 Å². The second kappa shape index (κ2) is 13.2. The van der Waals surface area contributed by atoms with E-state index in [0.29, 0.717) is 17.4 Å². The van der Waals surface area contributed by atoms with Crippen LogP contribution in [0.3, 0.4) is 0 Å². The molecule has 55 heavy (non-hydrogen) atoms. The monoisotopic (exact) mass is 706 g/mol. The number of furan rings is 1. The van der Waals surface area contributed by atoms with Crippen LogP contribution in [0.25, 0.3) is 77.0 Å². The molecule has 0 spiro atoms. The van der Waals surface area contributed by atoms with Gasteiger partial charge in [-0.3, -0.25) is 0 Å². The maximum atomic E-state index is 6.90. The summed E-state index contributed by atoms with van der Waals surface area (Å²) in [7, 11) is 0. The van der Waals surface area contributed by atoms with Crippen molar-refractivity contribution in [1.29, 1.82) is 0 Å². The number of fused-ring (bicyclic) bond motifs is 8.